The topological polar surface area (TPSA) is 60.5 Å². The summed E-state index contributed by atoms with van der Waals surface area (Å²) >= 11 is 0. The maximum absolute atomic E-state index is 8.44. The maximum Gasteiger partial charge on any atom is 0.104 e. The van der Waals surface area contributed by atoms with Gasteiger partial charge >= 0.3 is 0 Å². The van der Waals surface area contributed by atoms with E-state index in [9.17, 15) is 0 Å². The van der Waals surface area contributed by atoms with Crippen molar-refractivity contribution in [3.05, 3.63) is 0 Å². The average Bonchev–Trinajstić information content (AvgIpc) is 3.04. The van der Waals surface area contributed by atoms with Crippen LogP contribution in [0.1, 0.15) is 6.92 Å². The summed E-state index contributed by atoms with van der Waals surface area (Å²) in [5.74, 6) is 0. The van der Waals surface area contributed by atoms with Gasteiger partial charge in [-0.2, -0.15) is 0 Å². The second-order valence-corrected chi connectivity index (χ2v) is 3.51. The molecule has 1 N–H and O–H groups in total. The highest BCUT2D eigenvalue weighted by Gasteiger charge is 2.23. The SMILES string of the molecule is CC(COCCOCCO)OCC1CO1. The first kappa shape index (κ1) is 12.9. The van der Waals surface area contributed by atoms with Gasteiger partial charge in [-0.3, -0.25) is 0 Å². The zero-order valence-electron chi connectivity index (χ0n) is 9.18. The molecule has 15 heavy (non-hydrogen) atoms. The van der Waals surface area contributed by atoms with Crippen molar-refractivity contribution < 1.29 is 24.1 Å². The summed E-state index contributed by atoms with van der Waals surface area (Å²) in [6, 6.07) is 0. The molecule has 90 valence electrons. The van der Waals surface area contributed by atoms with E-state index in [1.165, 1.54) is 0 Å². The summed E-state index contributed by atoms with van der Waals surface area (Å²) in [7, 11) is 0. The molecule has 1 heterocycles. The molecule has 5 nitrogen and oxygen atoms in total. The van der Waals surface area contributed by atoms with Crippen LogP contribution >= 0.6 is 0 Å². The highest BCUT2D eigenvalue weighted by molar-refractivity contribution is 4.68. The molecule has 0 amide bonds. The van der Waals surface area contributed by atoms with E-state index in [2.05, 4.69) is 0 Å². The summed E-state index contributed by atoms with van der Waals surface area (Å²) in [4.78, 5) is 0. The Labute approximate surface area is 90.3 Å². The lowest BCUT2D eigenvalue weighted by Gasteiger charge is -2.12. The van der Waals surface area contributed by atoms with Crippen LogP contribution in [-0.2, 0) is 18.9 Å². The molecule has 2 atom stereocenters. The van der Waals surface area contributed by atoms with E-state index in [1.807, 2.05) is 6.92 Å². The van der Waals surface area contributed by atoms with Gasteiger partial charge in [0.15, 0.2) is 0 Å². The predicted molar refractivity (Wildman–Crippen MR) is 53.9 cm³/mol. The lowest BCUT2D eigenvalue weighted by molar-refractivity contribution is -0.0292. The molecule has 1 rings (SSSR count). The monoisotopic (exact) mass is 220 g/mol. The number of hydrogen-bond acceptors (Lipinski definition) is 5. The van der Waals surface area contributed by atoms with Gasteiger partial charge in [0.2, 0.25) is 0 Å². The zero-order chi connectivity index (χ0) is 10.9. The fraction of sp³-hybridized carbons (Fsp3) is 1.00. The van der Waals surface area contributed by atoms with E-state index in [4.69, 9.17) is 24.1 Å². The van der Waals surface area contributed by atoms with Crippen molar-refractivity contribution in [2.45, 2.75) is 19.1 Å². The van der Waals surface area contributed by atoms with Crippen LogP contribution < -0.4 is 0 Å². The third-order valence-corrected chi connectivity index (χ3v) is 1.93. The third kappa shape index (κ3) is 7.70. The summed E-state index contributed by atoms with van der Waals surface area (Å²) in [6.07, 6.45) is 0.396. The van der Waals surface area contributed by atoms with Crippen molar-refractivity contribution in [2.24, 2.45) is 0 Å². The molecule has 1 fully saturated rings. The highest BCUT2D eigenvalue weighted by atomic mass is 16.6. The first-order chi connectivity index (χ1) is 7.33. The third-order valence-electron chi connectivity index (χ3n) is 1.93. The molecule has 0 aromatic heterocycles. The van der Waals surface area contributed by atoms with Gasteiger partial charge in [0.25, 0.3) is 0 Å². The van der Waals surface area contributed by atoms with Crippen LogP contribution in [0.3, 0.4) is 0 Å². The molecule has 0 bridgehead atoms. The van der Waals surface area contributed by atoms with Crippen molar-refractivity contribution in [1.29, 1.82) is 0 Å². The minimum Gasteiger partial charge on any atom is -0.394 e. The molecule has 1 aliphatic heterocycles. The Balaban J connectivity index is 1.77. The molecule has 1 saturated heterocycles. The zero-order valence-corrected chi connectivity index (χ0v) is 9.18. The molecule has 0 radical (unpaired) electrons. The Kier molecular flexibility index (Phi) is 6.87. The quantitative estimate of drug-likeness (QED) is 0.408. The van der Waals surface area contributed by atoms with Crippen LogP contribution in [0, 0.1) is 0 Å². The Morgan fingerprint density at radius 2 is 2.07 bits per heavy atom. The van der Waals surface area contributed by atoms with Gasteiger partial charge in [0.1, 0.15) is 6.10 Å². The van der Waals surface area contributed by atoms with Gasteiger partial charge in [-0.05, 0) is 6.92 Å². The van der Waals surface area contributed by atoms with Crippen molar-refractivity contribution in [1.82, 2.24) is 0 Å². The van der Waals surface area contributed by atoms with Gasteiger partial charge in [-0.25, -0.2) is 0 Å². The first-order valence-electron chi connectivity index (χ1n) is 5.32. The van der Waals surface area contributed by atoms with Crippen molar-refractivity contribution in [3.63, 3.8) is 0 Å². The normalized spacial score (nSPS) is 21.6. The lowest BCUT2D eigenvalue weighted by Crippen LogP contribution is -2.20. The molecule has 5 heteroatoms. The number of rotatable bonds is 10. The summed E-state index contributed by atoms with van der Waals surface area (Å²) in [5, 5.41) is 8.44. The Bertz CT molecular complexity index is 149. The van der Waals surface area contributed by atoms with E-state index in [-0.39, 0.29) is 12.7 Å². The molecule has 0 saturated carbocycles. The standard InChI is InChI=1S/C10H20O5/c1-9(14-7-10-8-15-10)6-13-5-4-12-3-2-11/h9-11H,2-8H2,1H3. The fourth-order valence-electron chi connectivity index (χ4n) is 1.02. The number of hydrogen-bond donors (Lipinski definition) is 1. The van der Waals surface area contributed by atoms with Gasteiger partial charge in [-0.15, -0.1) is 0 Å². The van der Waals surface area contributed by atoms with E-state index in [1.54, 1.807) is 0 Å². The Morgan fingerprint density at radius 3 is 2.73 bits per heavy atom. The molecule has 0 aromatic rings. The second kappa shape index (κ2) is 8.01. The van der Waals surface area contributed by atoms with Gasteiger partial charge < -0.3 is 24.1 Å². The second-order valence-electron chi connectivity index (χ2n) is 3.51. The minimum atomic E-state index is 0.0565. The van der Waals surface area contributed by atoms with Crippen molar-refractivity contribution in [3.8, 4) is 0 Å². The Hall–Kier alpha value is -0.200. The number of aliphatic hydroxyl groups is 1. The number of ether oxygens (including phenoxy) is 4. The van der Waals surface area contributed by atoms with Crippen LogP contribution in [0.2, 0.25) is 0 Å². The Morgan fingerprint density at radius 1 is 1.33 bits per heavy atom. The number of epoxide rings is 1. The first-order valence-corrected chi connectivity index (χ1v) is 5.32. The largest absolute Gasteiger partial charge is 0.394 e. The van der Waals surface area contributed by atoms with Crippen LogP contribution in [0.15, 0.2) is 0 Å². The van der Waals surface area contributed by atoms with Crippen LogP contribution in [0.4, 0.5) is 0 Å². The van der Waals surface area contributed by atoms with Crippen LogP contribution in [0.25, 0.3) is 0 Å². The van der Waals surface area contributed by atoms with Crippen LogP contribution in [0.5, 0.6) is 0 Å². The molecule has 0 spiro atoms. The fourth-order valence-corrected chi connectivity index (χ4v) is 1.02. The van der Waals surface area contributed by atoms with E-state index in [0.717, 1.165) is 6.61 Å². The maximum atomic E-state index is 8.44. The molecular weight excluding hydrogens is 200 g/mol. The predicted octanol–water partition coefficient (Wildman–Crippen LogP) is -0.184. The number of aliphatic hydroxyl groups excluding tert-OH is 1. The minimum absolute atomic E-state index is 0.0565. The van der Waals surface area contributed by atoms with E-state index in [0.29, 0.717) is 39.1 Å². The van der Waals surface area contributed by atoms with Crippen LogP contribution in [-0.4, -0.2) is 63.6 Å². The van der Waals surface area contributed by atoms with Crippen molar-refractivity contribution >= 4 is 0 Å². The lowest BCUT2D eigenvalue weighted by atomic mass is 10.4. The smallest absolute Gasteiger partial charge is 0.104 e. The average molecular weight is 220 g/mol. The molecule has 1 aliphatic rings. The highest BCUT2D eigenvalue weighted by Crippen LogP contribution is 2.09. The van der Waals surface area contributed by atoms with Gasteiger partial charge in [0, 0.05) is 0 Å². The summed E-state index contributed by atoms with van der Waals surface area (Å²) in [5.41, 5.74) is 0. The molecular formula is C10H20O5. The van der Waals surface area contributed by atoms with E-state index < -0.39 is 0 Å². The summed E-state index contributed by atoms with van der Waals surface area (Å²) in [6.45, 7) is 5.49. The molecule has 0 aromatic carbocycles. The van der Waals surface area contributed by atoms with Gasteiger partial charge in [-0.1, -0.05) is 0 Å². The molecule has 0 aliphatic carbocycles. The summed E-state index contributed by atoms with van der Waals surface area (Å²) < 4.78 is 20.8. The molecule has 2 unspecified atom stereocenters. The van der Waals surface area contributed by atoms with E-state index >= 15 is 0 Å². The van der Waals surface area contributed by atoms with Gasteiger partial charge in [0.05, 0.1) is 52.4 Å². The van der Waals surface area contributed by atoms with Crippen molar-refractivity contribution in [2.75, 3.05) is 46.2 Å².